The van der Waals surface area contributed by atoms with Gasteiger partial charge in [0.05, 0.1) is 36.4 Å². The van der Waals surface area contributed by atoms with Gasteiger partial charge in [0.1, 0.15) is 0 Å². The number of hydrogen-bond donors (Lipinski definition) is 1. The Balaban J connectivity index is 1.99. The summed E-state index contributed by atoms with van der Waals surface area (Å²) < 4.78 is 9.39. The zero-order valence-electron chi connectivity index (χ0n) is 14.7. The van der Waals surface area contributed by atoms with Crippen LogP contribution in [0, 0.1) is 0 Å². The summed E-state index contributed by atoms with van der Waals surface area (Å²) in [5.74, 6) is -1.69. The minimum absolute atomic E-state index is 0.117. The van der Waals surface area contributed by atoms with Crippen LogP contribution in [-0.2, 0) is 9.47 Å². The van der Waals surface area contributed by atoms with E-state index in [-0.39, 0.29) is 16.8 Å². The number of fused-ring (bicyclic) bond motifs is 1. The predicted octanol–water partition coefficient (Wildman–Crippen LogP) is 3.06. The average Bonchev–Trinajstić information content (AvgIpc) is 2.71. The molecule has 2 aromatic carbocycles. The highest BCUT2D eigenvalue weighted by molar-refractivity contribution is 6.12. The van der Waals surface area contributed by atoms with Crippen molar-refractivity contribution in [2.75, 3.05) is 19.5 Å². The Morgan fingerprint density at radius 2 is 1.52 bits per heavy atom. The Bertz CT molecular complexity index is 1010. The topological polar surface area (TPSA) is 94.6 Å². The second-order valence-electron chi connectivity index (χ2n) is 5.62. The molecule has 0 atom stereocenters. The van der Waals surface area contributed by atoms with Crippen LogP contribution in [0.15, 0.2) is 54.7 Å². The molecule has 7 heteroatoms. The molecule has 0 aliphatic carbocycles. The van der Waals surface area contributed by atoms with E-state index in [4.69, 9.17) is 9.47 Å². The molecule has 136 valence electrons. The van der Waals surface area contributed by atoms with Gasteiger partial charge in [0, 0.05) is 17.3 Å². The molecule has 0 aliphatic heterocycles. The number of rotatable bonds is 4. The largest absolute Gasteiger partial charge is 0.465 e. The minimum atomic E-state index is -0.636. The molecule has 0 bridgehead atoms. The minimum Gasteiger partial charge on any atom is -0.465 e. The zero-order chi connectivity index (χ0) is 19.4. The second kappa shape index (κ2) is 7.65. The molecule has 0 unspecified atom stereocenters. The van der Waals surface area contributed by atoms with Crippen LogP contribution in [0.3, 0.4) is 0 Å². The molecule has 3 aromatic rings. The molecule has 7 nitrogen and oxygen atoms in total. The SMILES string of the molecule is COC(=O)c1cc(NC(=O)c2cccc3cccnc23)cc(C(=O)OC)c1. The van der Waals surface area contributed by atoms with Crippen molar-refractivity contribution in [2.45, 2.75) is 0 Å². The van der Waals surface area contributed by atoms with Crippen LogP contribution in [0.1, 0.15) is 31.1 Å². The lowest BCUT2D eigenvalue weighted by Crippen LogP contribution is -2.15. The van der Waals surface area contributed by atoms with E-state index in [1.54, 1.807) is 24.4 Å². The number of carbonyl (C=O) groups is 3. The molecule has 1 heterocycles. The maximum Gasteiger partial charge on any atom is 0.337 e. The summed E-state index contributed by atoms with van der Waals surface area (Å²) in [7, 11) is 2.46. The molecule has 1 aromatic heterocycles. The third-order valence-electron chi connectivity index (χ3n) is 3.91. The van der Waals surface area contributed by atoms with Crippen LogP contribution in [0.25, 0.3) is 10.9 Å². The fourth-order valence-corrected chi connectivity index (χ4v) is 2.66. The highest BCUT2D eigenvalue weighted by atomic mass is 16.5. The van der Waals surface area contributed by atoms with Gasteiger partial charge >= 0.3 is 11.9 Å². The molecule has 27 heavy (non-hydrogen) atoms. The maximum atomic E-state index is 12.7. The van der Waals surface area contributed by atoms with E-state index < -0.39 is 17.8 Å². The summed E-state index contributed by atoms with van der Waals surface area (Å²) in [6.45, 7) is 0. The fraction of sp³-hybridized carbons (Fsp3) is 0.100. The van der Waals surface area contributed by atoms with Crippen LogP contribution >= 0.6 is 0 Å². The maximum absolute atomic E-state index is 12.7. The monoisotopic (exact) mass is 364 g/mol. The van der Waals surface area contributed by atoms with Crippen molar-refractivity contribution in [1.29, 1.82) is 0 Å². The third kappa shape index (κ3) is 3.77. The number of nitrogens with zero attached hydrogens (tertiary/aromatic N) is 1. The first-order chi connectivity index (χ1) is 13.0. The Labute approximate surface area is 154 Å². The Hall–Kier alpha value is -3.74. The highest BCUT2D eigenvalue weighted by Gasteiger charge is 2.16. The molecule has 1 amide bonds. The van der Waals surface area contributed by atoms with Gasteiger partial charge < -0.3 is 14.8 Å². The number of aromatic nitrogens is 1. The number of ether oxygens (including phenoxy) is 2. The normalized spacial score (nSPS) is 10.3. The zero-order valence-corrected chi connectivity index (χ0v) is 14.7. The van der Waals surface area contributed by atoms with Gasteiger partial charge in [-0.3, -0.25) is 9.78 Å². The molecule has 3 rings (SSSR count). The van der Waals surface area contributed by atoms with E-state index in [2.05, 4.69) is 10.3 Å². The summed E-state index contributed by atoms with van der Waals surface area (Å²) in [5.41, 5.74) is 1.42. The number of hydrogen-bond acceptors (Lipinski definition) is 6. The van der Waals surface area contributed by atoms with E-state index in [0.717, 1.165) is 5.39 Å². The lowest BCUT2D eigenvalue weighted by atomic mass is 10.1. The van der Waals surface area contributed by atoms with Crippen LogP contribution in [0.4, 0.5) is 5.69 Å². The number of esters is 2. The van der Waals surface area contributed by atoms with Gasteiger partial charge in [-0.15, -0.1) is 0 Å². The number of pyridine rings is 1. The van der Waals surface area contributed by atoms with E-state index in [9.17, 15) is 14.4 Å². The number of carbonyl (C=O) groups excluding carboxylic acids is 3. The number of amides is 1. The lowest BCUT2D eigenvalue weighted by Gasteiger charge is -2.10. The summed E-state index contributed by atoms with van der Waals surface area (Å²) >= 11 is 0. The molecule has 0 aliphatic rings. The van der Waals surface area contributed by atoms with Gasteiger partial charge in [-0.05, 0) is 30.3 Å². The predicted molar refractivity (Wildman–Crippen MR) is 98.8 cm³/mol. The van der Waals surface area contributed by atoms with Crippen molar-refractivity contribution >= 4 is 34.4 Å². The quantitative estimate of drug-likeness (QED) is 0.715. The number of anilines is 1. The van der Waals surface area contributed by atoms with Crippen molar-refractivity contribution in [1.82, 2.24) is 4.98 Å². The van der Waals surface area contributed by atoms with Gasteiger partial charge in [-0.2, -0.15) is 0 Å². The molecule has 0 fully saturated rings. The molecule has 0 saturated carbocycles. The second-order valence-corrected chi connectivity index (χ2v) is 5.62. The molecule has 0 spiro atoms. The first-order valence-electron chi connectivity index (χ1n) is 8.00. The standard InChI is InChI=1S/C20H16N2O5/c1-26-19(24)13-9-14(20(25)27-2)11-15(10-13)22-18(23)16-7-3-5-12-6-4-8-21-17(12)16/h3-11H,1-2H3,(H,22,23). The van der Waals surface area contributed by atoms with E-state index >= 15 is 0 Å². The van der Waals surface area contributed by atoms with Crippen molar-refractivity contribution in [2.24, 2.45) is 0 Å². The highest BCUT2D eigenvalue weighted by Crippen LogP contribution is 2.20. The van der Waals surface area contributed by atoms with E-state index in [1.807, 2.05) is 12.1 Å². The number of nitrogens with one attached hydrogen (secondary N) is 1. The third-order valence-corrected chi connectivity index (χ3v) is 3.91. The van der Waals surface area contributed by atoms with E-state index in [0.29, 0.717) is 11.1 Å². The van der Waals surface area contributed by atoms with Crippen molar-refractivity contribution in [3.8, 4) is 0 Å². The van der Waals surface area contributed by atoms with Crippen LogP contribution < -0.4 is 5.32 Å². The number of para-hydroxylation sites is 1. The van der Waals surface area contributed by atoms with Gasteiger partial charge in [0.2, 0.25) is 0 Å². The van der Waals surface area contributed by atoms with Crippen molar-refractivity contribution in [3.05, 3.63) is 71.4 Å². The Morgan fingerprint density at radius 3 is 2.15 bits per heavy atom. The molecular formula is C20H16N2O5. The van der Waals surface area contributed by atoms with Crippen LogP contribution in [0.2, 0.25) is 0 Å². The molecule has 0 saturated heterocycles. The van der Waals surface area contributed by atoms with Crippen molar-refractivity contribution < 1.29 is 23.9 Å². The number of methoxy groups -OCH3 is 2. The summed E-state index contributed by atoms with van der Waals surface area (Å²) in [4.78, 5) is 40.7. The molecular weight excluding hydrogens is 348 g/mol. The Kier molecular flexibility index (Phi) is 5.12. The van der Waals surface area contributed by atoms with Crippen LogP contribution in [-0.4, -0.2) is 37.0 Å². The van der Waals surface area contributed by atoms with Gasteiger partial charge in [0.15, 0.2) is 0 Å². The van der Waals surface area contributed by atoms with Crippen LogP contribution in [0.5, 0.6) is 0 Å². The molecule has 1 N–H and O–H groups in total. The first-order valence-corrected chi connectivity index (χ1v) is 8.00. The smallest absolute Gasteiger partial charge is 0.337 e. The first kappa shape index (κ1) is 18.1. The summed E-state index contributed by atoms with van der Waals surface area (Å²) in [6, 6.07) is 13.1. The average molecular weight is 364 g/mol. The fourth-order valence-electron chi connectivity index (χ4n) is 2.66. The van der Waals surface area contributed by atoms with Gasteiger partial charge in [-0.25, -0.2) is 9.59 Å². The van der Waals surface area contributed by atoms with Gasteiger partial charge in [-0.1, -0.05) is 18.2 Å². The summed E-state index contributed by atoms with van der Waals surface area (Å²) in [5, 5.41) is 3.52. The van der Waals surface area contributed by atoms with Crippen molar-refractivity contribution in [3.63, 3.8) is 0 Å². The molecule has 0 radical (unpaired) electrons. The lowest BCUT2D eigenvalue weighted by molar-refractivity contribution is 0.0599. The van der Waals surface area contributed by atoms with Gasteiger partial charge in [0.25, 0.3) is 5.91 Å². The van der Waals surface area contributed by atoms with E-state index in [1.165, 1.54) is 32.4 Å². The Morgan fingerprint density at radius 1 is 0.889 bits per heavy atom. The summed E-state index contributed by atoms with van der Waals surface area (Å²) in [6.07, 6.45) is 1.60. The number of benzene rings is 2.